The van der Waals surface area contributed by atoms with Crippen LogP contribution in [-0.4, -0.2) is 43.3 Å². The summed E-state index contributed by atoms with van der Waals surface area (Å²) in [6.45, 7) is 15.3. The Morgan fingerprint density at radius 1 is 0.308 bits per heavy atom. The molecule has 17 rings (SSSR count). The van der Waals surface area contributed by atoms with Crippen LogP contribution in [0.2, 0.25) is 0 Å². The van der Waals surface area contributed by atoms with Gasteiger partial charge < -0.3 is 28.4 Å². The van der Waals surface area contributed by atoms with Gasteiger partial charge in [0, 0.05) is 83.6 Å². The number of rotatable bonds is 23. The summed E-state index contributed by atoms with van der Waals surface area (Å²) in [7, 11) is -1.53. The third kappa shape index (κ3) is 15.1. The average molecular weight is 1590 g/mol. The zero-order chi connectivity index (χ0) is 80.7. The van der Waals surface area contributed by atoms with E-state index in [2.05, 4.69) is 243 Å². The van der Waals surface area contributed by atoms with E-state index in [0.717, 1.165) is 123 Å². The summed E-state index contributed by atoms with van der Waals surface area (Å²) in [6.07, 6.45) is 8.00. The van der Waals surface area contributed by atoms with Crippen LogP contribution in [0.4, 0.5) is 0 Å². The van der Waals surface area contributed by atoms with E-state index in [-0.39, 0.29) is 36.7 Å². The fourth-order valence-corrected chi connectivity index (χ4v) is 24.1. The van der Waals surface area contributed by atoms with E-state index in [1.807, 2.05) is 134 Å². The predicted molar refractivity (Wildman–Crippen MR) is 468 cm³/mol. The lowest BCUT2D eigenvalue weighted by molar-refractivity contribution is -0.160. The third-order valence-corrected chi connectivity index (χ3v) is 28.9. The van der Waals surface area contributed by atoms with E-state index < -0.39 is 50.5 Å². The van der Waals surface area contributed by atoms with Crippen molar-refractivity contribution in [3.05, 3.63) is 382 Å². The molecule has 0 spiro atoms. The molecule has 14 aromatic rings. The molecule has 9 nitrogen and oxygen atoms in total. The zero-order valence-corrected chi connectivity index (χ0v) is 69.0. The molecule has 117 heavy (non-hydrogen) atoms. The minimum absolute atomic E-state index is 0.191. The van der Waals surface area contributed by atoms with E-state index in [0.29, 0.717) is 41.2 Å². The summed E-state index contributed by atoms with van der Waals surface area (Å²) in [6, 6.07) is 110. The Balaban J connectivity index is 0.599. The number of carbonyl (C=O) groups is 3. The van der Waals surface area contributed by atoms with Crippen LogP contribution in [0.3, 0.4) is 0 Å². The van der Waals surface area contributed by atoms with Crippen LogP contribution in [0.15, 0.2) is 360 Å². The predicted octanol–water partition coefficient (Wildman–Crippen LogP) is 23.0. The summed E-state index contributed by atoms with van der Waals surface area (Å²) < 4.78 is 38.8. The molecule has 0 aromatic heterocycles. The Morgan fingerprint density at radius 2 is 0.624 bits per heavy atom. The van der Waals surface area contributed by atoms with Gasteiger partial charge in [-0.1, -0.05) is 194 Å². The summed E-state index contributed by atoms with van der Waals surface area (Å²) in [5.41, 5.74) is 15.4. The Morgan fingerprint density at radius 3 is 1.04 bits per heavy atom. The van der Waals surface area contributed by atoms with Crippen molar-refractivity contribution in [1.29, 1.82) is 0 Å². The highest BCUT2D eigenvalue weighted by atomic mass is 32.2. The first-order valence-electron chi connectivity index (χ1n) is 39.4. The van der Waals surface area contributed by atoms with Gasteiger partial charge in [0.2, 0.25) is 5.60 Å². The van der Waals surface area contributed by atoms with Crippen molar-refractivity contribution < 1.29 is 42.8 Å². The number of ether oxygens (including phenoxy) is 6. The number of hydrogen-bond donors (Lipinski definition) is 0. The van der Waals surface area contributed by atoms with Gasteiger partial charge in [0.05, 0.1) is 32.7 Å². The maximum atomic E-state index is 14.7. The highest BCUT2D eigenvalue weighted by Gasteiger charge is 2.48. The molecule has 3 aliphatic carbocycles. The molecule has 576 valence electrons. The van der Waals surface area contributed by atoms with Crippen LogP contribution in [0.25, 0.3) is 44.5 Å². The van der Waals surface area contributed by atoms with Crippen molar-refractivity contribution in [2.24, 2.45) is 0 Å². The van der Waals surface area contributed by atoms with E-state index in [9.17, 15) is 14.4 Å². The maximum absolute atomic E-state index is 14.7. The second kappa shape index (κ2) is 32.3. The average Bonchev–Trinajstić information content (AvgIpc) is 1.57. The summed E-state index contributed by atoms with van der Waals surface area (Å²) in [4.78, 5) is 52.8. The summed E-state index contributed by atoms with van der Waals surface area (Å²) in [5.74, 6) is 3.42. The van der Waals surface area contributed by atoms with E-state index in [1.54, 1.807) is 0 Å². The zero-order valence-electron chi connectivity index (χ0n) is 66.5. The number of esters is 3. The van der Waals surface area contributed by atoms with Gasteiger partial charge in [0.1, 0.15) is 22.8 Å². The molecule has 0 fully saturated rings. The SMILES string of the molecule is C#CC1(OC(=O)COc2c(C)cc([S+](c3ccccc3)c3ccccc3)cc2C)c2ccccc2-c2ccc(-c3cccc([S+](c4ccccc4)c4cc(C)c(OCC(=O)OC5(C)c6ccccc6-c6ccc(-c7cccc([S+](c8ccccc8)c8cc(C)c(OCC(=O)OC9(C)Cc%10ccccc%10C9)c(C)c8)c7)cc65)c(C)c4)c3)cc21. The molecule has 0 bridgehead atoms. The van der Waals surface area contributed by atoms with Crippen molar-refractivity contribution in [3.63, 3.8) is 0 Å². The quantitative estimate of drug-likeness (QED) is 0.0268. The fourth-order valence-electron chi connectivity index (χ4n) is 17.3. The Bertz CT molecular complexity index is 6100. The highest BCUT2D eigenvalue weighted by Crippen LogP contribution is 2.54. The van der Waals surface area contributed by atoms with Crippen LogP contribution in [0, 0.1) is 53.9 Å². The minimum Gasteiger partial charge on any atom is -0.481 e. The van der Waals surface area contributed by atoms with Gasteiger partial charge in [-0.05, 0) is 223 Å². The molecular formula is C105H87O9S3+3. The summed E-state index contributed by atoms with van der Waals surface area (Å²) in [5, 5.41) is 0. The Kier molecular flexibility index (Phi) is 21.3. The topological polar surface area (TPSA) is 107 Å². The Hall–Kier alpha value is -12.5. The monoisotopic (exact) mass is 1590 g/mol. The molecule has 12 heteroatoms. The second-order valence-electron chi connectivity index (χ2n) is 30.7. The van der Waals surface area contributed by atoms with Gasteiger partial charge in [-0.2, -0.15) is 0 Å². The molecule has 0 heterocycles. The van der Waals surface area contributed by atoms with E-state index in [1.165, 1.54) is 20.9 Å². The molecule has 0 N–H and O–H groups in total. The van der Waals surface area contributed by atoms with E-state index >= 15 is 0 Å². The molecular weight excluding hydrogens is 1500 g/mol. The Labute approximate surface area is 693 Å². The molecule has 0 amide bonds. The van der Waals surface area contributed by atoms with Gasteiger partial charge in [0.15, 0.2) is 69.5 Å². The highest BCUT2D eigenvalue weighted by molar-refractivity contribution is 7.97. The van der Waals surface area contributed by atoms with Gasteiger partial charge in [-0.15, -0.1) is 6.42 Å². The van der Waals surface area contributed by atoms with Crippen molar-refractivity contribution >= 4 is 50.6 Å². The van der Waals surface area contributed by atoms with Gasteiger partial charge in [-0.25, -0.2) is 14.4 Å². The van der Waals surface area contributed by atoms with Gasteiger partial charge in [-0.3, -0.25) is 0 Å². The number of hydrogen-bond acceptors (Lipinski definition) is 9. The van der Waals surface area contributed by atoms with Crippen molar-refractivity contribution in [2.75, 3.05) is 19.8 Å². The van der Waals surface area contributed by atoms with Crippen LogP contribution < -0.4 is 14.2 Å². The first-order chi connectivity index (χ1) is 56.8. The second-order valence-corrected chi connectivity index (χ2v) is 36.8. The minimum atomic E-state index is -1.55. The van der Waals surface area contributed by atoms with Crippen molar-refractivity contribution in [1.82, 2.24) is 0 Å². The lowest BCUT2D eigenvalue weighted by Gasteiger charge is -2.28. The number of aryl methyl sites for hydroxylation is 6. The number of terminal acetylenes is 1. The molecule has 4 unspecified atom stereocenters. The normalized spacial score (nSPS) is 15.6. The molecule has 0 saturated heterocycles. The van der Waals surface area contributed by atoms with Crippen LogP contribution in [-0.2, 0) is 85.3 Å². The fraction of sp³-hybridized carbons (Fsp3) is 0.152. The molecule has 14 aromatic carbocycles. The first-order valence-corrected chi connectivity index (χ1v) is 43.0. The third-order valence-electron chi connectivity index (χ3n) is 22.4. The lowest BCUT2D eigenvalue weighted by Crippen LogP contribution is -2.34. The maximum Gasteiger partial charge on any atom is 0.346 e. The number of benzene rings is 14. The number of carbonyl (C=O) groups excluding carboxylic acids is 3. The lowest BCUT2D eigenvalue weighted by atomic mass is 9.90. The molecule has 0 saturated carbocycles. The molecule has 0 aliphatic heterocycles. The van der Waals surface area contributed by atoms with Crippen LogP contribution in [0.5, 0.6) is 17.2 Å². The van der Waals surface area contributed by atoms with Gasteiger partial charge in [0.25, 0.3) is 0 Å². The van der Waals surface area contributed by atoms with Crippen molar-refractivity contribution in [2.45, 2.75) is 129 Å². The van der Waals surface area contributed by atoms with Crippen LogP contribution in [0.1, 0.15) is 80.6 Å². The van der Waals surface area contributed by atoms with Crippen LogP contribution >= 0.6 is 0 Å². The first kappa shape index (κ1) is 77.1. The standard InChI is InChI=1S/C105H87O9S3/c1-10-105(114-99(108)67-111-102-68(2)53-86(54-69(102)3)115(80-35-15-11-16-36-80)81-37-17-12-18-38-81)94-48-28-26-46-90(94)92-52-50-77(62-96(92)105)75-34-30-44-85(60-75)117(83-41-21-14-22-42-83)88-57-72(6)101(73(7)58-88)110-66-98(107)113-104(9)93-47-27-25-45-89(93)91-51-49-76(61-95(91)104)74-33-29-43-84(59-74)116(82-39-19-13-20-40-82)87-55-70(4)100(71(5)56-87)109-65-97(106)112-103(8)63-78-31-23-24-32-79(78)64-103/h1,11-62H,63-67H2,2-9H3/q+3. The molecule has 4 atom stereocenters. The largest absolute Gasteiger partial charge is 0.481 e. The number of fused-ring (bicyclic) bond motifs is 7. The molecule has 3 aliphatic rings. The molecule has 0 radical (unpaired) electrons. The smallest absolute Gasteiger partial charge is 0.346 e. The van der Waals surface area contributed by atoms with E-state index in [4.69, 9.17) is 34.8 Å². The van der Waals surface area contributed by atoms with Crippen molar-refractivity contribution in [3.8, 4) is 74.1 Å². The van der Waals surface area contributed by atoms with Gasteiger partial charge >= 0.3 is 17.9 Å². The summed E-state index contributed by atoms with van der Waals surface area (Å²) >= 11 is 0.